The van der Waals surface area contributed by atoms with Crippen LogP contribution in [0.4, 0.5) is 0 Å². The molecule has 1 amide bonds. The van der Waals surface area contributed by atoms with E-state index < -0.39 is 0 Å². The second-order valence-electron chi connectivity index (χ2n) is 5.94. The van der Waals surface area contributed by atoms with Gasteiger partial charge in [0.1, 0.15) is 5.82 Å². The van der Waals surface area contributed by atoms with Gasteiger partial charge in [-0.3, -0.25) is 14.6 Å². The summed E-state index contributed by atoms with van der Waals surface area (Å²) < 4.78 is 0. The SMILES string of the molecule is CC[C@H](NC(=O)Cc1c(C)nc(-c2cccnc2)[nH]c1=O)c1cccs1. The van der Waals surface area contributed by atoms with Gasteiger partial charge >= 0.3 is 0 Å². The molecule has 0 aliphatic carbocycles. The van der Waals surface area contributed by atoms with Crippen LogP contribution in [0.1, 0.15) is 35.5 Å². The van der Waals surface area contributed by atoms with Crippen molar-refractivity contribution in [1.29, 1.82) is 0 Å². The summed E-state index contributed by atoms with van der Waals surface area (Å²) in [5.74, 6) is 0.268. The van der Waals surface area contributed by atoms with E-state index in [0.29, 0.717) is 17.1 Å². The van der Waals surface area contributed by atoms with Gasteiger partial charge in [-0.2, -0.15) is 0 Å². The van der Waals surface area contributed by atoms with Crippen LogP contribution in [0.3, 0.4) is 0 Å². The van der Waals surface area contributed by atoms with Gasteiger partial charge in [0.15, 0.2) is 0 Å². The van der Waals surface area contributed by atoms with Crippen molar-refractivity contribution in [1.82, 2.24) is 20.3 Å². The van der Waals surface area contributed by atoms with Crippen LogP contribution in [0.2, 0.25) is 0 Å². The molecule has 0 radical (unpaired) electrons. The molecule has 0 bridgehead atoms. The summed E-state index contributed by atoms with van der Waals surface area (Å²) in [4.78, 5) is 37.2. The van der Waals surface area contributed by atoms with Gasteiger partial charge in [0.25, 0.3) is 5.56 Å². The first-order chi connectivity index (χ1) is 12.6. The summed E-state index contributed by atoms with van der Waals surface area (Å²) in [6.45, 7) is 3.77. The maximum absolute atomic E-state index is 12.5. The monoisotopic (exact) mass is 368 g/mol. The number of aromatic amines is 1. The third kappa shape index (κ3) is 4.05. The Labute approximate surface area is 155 Å². The largest absolute Gasteiger partial charge is 0.348 e. The molecule has 1 atom stereocenters. The van der Waals surface area contributed by atoms with Crippen LogP contribution in [0.15, 0.2) is 46.8 Å². The molecule has 26 heavy (non-hydrogen) atoms. The fourth-order valence-electron chi connectivity index (χ4n) is 2.73. The molecule has 134 valence electrons. The van der Waals surface area contributed by atoms with Gasteiger partial charge in [0.2, 0.25) is 5.91 Å². The van der Waals surface area contributed by atoms with Gasteiger partial charge in [0.05, 0.1) is 12.5 Å². The number of nitrogens with zero attached hydrogens (tertiary/aromatic N) is 2. The number of nitrogens with one attached hydrogen (secondary N) is 2. The number of pyridine rings is 1. The first-order valence-electron chi connectivity index (χ1n) is 8.41. The van der Waals surface area contributed by atoms with Crippen molar-refractivity contribution >= 4 is 17.2 Å². The minimum absolute atomic E-state index is 0.00333. The molecule has 0 saturated heterocycles. The van der Waals surface area contributed by atoms with Gasteiger partial charge in [0, 0.05) is 34.1 Å². The van der Waals surface area contributed by atoms with Crippen molar-refractivity contribution in [2.75, 3.05) is 0 Å². The number of aromatic nitrogens is 3. The van der Waals surface area contributed by atoms with Gasteiger partial charge in [-0.25, -0.2) is 4.98 Å². The van der Waals surface area contributed by atoms with E-state index in [4.69, 9.17) is 0 Å². The van der Waals surface area contributed by atoms with E-state index >= 15 is 0 Å². The lowest BCUT2D eigenvalue weighted by Crippen LogP contribution is -2.31. The number of thiophene rings is 1. The van der Waals surface area contributed by atoms with Gasteiger partial charge < -0.3 is 10.3 Å². The van der Waals surface area contributed by atoms with Crippen LogP contribution in [0.25, 0.3) is 11.4 Å². The van der Waals surface area contributed by atoms with Gasteiger partial charge in [-0.05, 0) is 36.9 Å². The van der Waals surface area contributed by atoms with Crippen molar-refractivity contribution in [3.8, 4) is 11.4 Å². The van der Waals surface area contributed by atoms with E-state index in [9.17, 15) is 9.59 Å². The highest BCUT2D eigenvalue weighted by Crippen LogP contribution is 2.21. The van der Waals surface area contributed by atoms with Crippen LogP contribution >= 0.6 is 11.3 Å². The summed E-state index contributed by atoms with van der Waals surface area (Å²) in [6, 6.07) is 7.53. The standard InChI is InChI=1S/C19H20N4O2S/c1-3-15(16-7-5-9-26-16)22-17(24)10-14-12(2)21-18(23-19(14)25)13-6-4-8-20-11-13/h4-9,11,15H,3,10H2,1-2H3,(H,22,24)(H,21,23,25)/t15-/m0/s1. The molecule has 0 saturated carbocycles. The Hall–Kier alpha value is -2.80. The summed E-state index contributed by atoms with van der Waals surface area (Å²) in [7, 11) is 0. The highest BCUT2D eigenvalue weighted by atomic mass is 32.1. The smallest absolute Gasteiger partial charge is 0.255 e. The van der Waals surface area contributed by atoms with Crippen molar-refractivity contribution in [2.45, 2.75) is 32.7 Å². The number of rotatable bonds is 6. The van der Waals surface area contributed by atoms with Crippen LogP contribution < -0.4 is 10.9 Å². The normalized spacial score (nSPS) is 11.9. The average Bonchev–Trinajstić information content (AvgIpc) is 3.18. The zero-order valence-corrected chi connectivity index (χ0v) is 15.5. The van der Waals surface area contributed by atoms with E-state index in [2.05, 4.69) is 20.3 Å². The fourth-order valence-corrected chi connectivity index (χ4v) is 3.59. The second kappa shape index (κ2) is 8.05. The molecule has 3 aromatic rings. The van der Waals surface area contributed by atoms with Crippen molar-refractivity contribution < 1.29 is 4.79 Å². The third-order valence-electron chi connectivity index (χ3n) is 4.12. The van der Waals surface area contributed by atoms with Crippen LogP contribution in [0, 0.1) is 6.92 Å². The van der Waals surface area contributed by atoms with Crippen molar-refractivity contribution in [3.63, 3.8) is 0 Å². The zero-order chi connectivity index (χ0) is 18.5. The highest BCUT2D eigenvalue weighted by molar-refractivity contribution is 7.10. The molecule has 0 fully saturated rings. The van der Waals surface area contributed by atoms with E-state index in [1.54, 1.807) is 36.7 Å². The molecule has 3 rings (SSSR count). The minimum Gasteiger partial charge on any atom is -0.348 e. The van der Waals surface area contributed by atoms with Crippen molar-refractivity contribution in [2.24, 2.45) is 0 Å². The van der Waals surface area contributed by atoms with E-state index in [0.717, 1.165) is 16.9 Å². The van der Waals surface area contributed by atoms with Crippen molar-refractivity contribution in [3.05, 3.63) is 68.5 Å². The lowest BCUT2D eigenvalue weighted by Gasteiger charge is -2.15. The van der Waals surface area contributed by atoms with E-state index in [1.165, 1.54) is 0 Å². The third-order valence-corrected chi connectivity index (χ3v) is 5.11. The topological polar surface area (TPSA) is 87.7 Å². The number of hydrogen-bond acceptors (Lipinski definition) is 5. The number of H-pyrrole nitrogens is 1. The molecule has 3 heterocycles. The molecule has 3 aromatic heterocycles. The second-order valence-corrected chi connectivity index (χ2v) is 6.92. The number of amides is 1. The summed E-state index contributed by atoms with van der Waals surface area (Å²) in [5.41, 5.74) is 1.37. The highest BCUT2D eigenvalue weighted by Gasteiger charge is 2.17. The first-order valence-corrected chi connectivity index (χ1v) is 9.29. The molecular formula is C19H20N4O2S. The Balaban J connectivity index is 1.77. The Morgan fingerprint density at radius 2 is 2.19 bits per heavy atom. The molecule has 2 N–H and O–H groups in total. The lowest BCUT2D eigenvalue weighted by atomic mass is 10.1. The van der Waals surface area contributed by atoms with Crippen LogP contribution in [-0.4, -0.2) is 20.9 Å². The number of carbonyl (C=O) groups is 1. The predicted octanol–water partition coefficient (Wildman–Crippen LogP) is 3.01. The number of hydrogen-bond donors (Lipinski definition) is 2. The van der Waals surface area contributed by atoms with Crippen LogP contribution in [-0.2, 0) is 11.2 Å². The Bertz CT molecular complexity index is 936. The fraction of sp³-hybridized carbons (Fsp3) is 0.263. The van der Waals surface area contributed by atoms with Gasteiger partial charge in [-0.1, -0.05) is 13.0 Å². The van der Waals surface area contributed by atoms with Crippen LogP contribution in [0.5, 0.6) is 0 Å². The molecule has 0 unspecified atom stereocenters. The first kappa shape index (κ1) is 18.0. The summed E-state index contributed by atoms with van der Waals surface area (Å²) in [6.07, 6.45) is 4.09. The Morgan fingerprint density at radius 3 is 2.81 bits per heavy atom. The number of aryl methyl sites for hydroxylation is 1. The van der Waals surface area contributed by atoms with Gasteiger partial charge in [-0.15, -0.1) is 11.3 Å². The predicted molar refractivity (Wildman–Crippen MR) is 102 cm³/mol. The minimum atomic E-state index is -0.296. The Morgan fingerprint density at radius 1 is 1.35 bits per heavy atom. The summed E-state index contributed by atoms with van der Waals surface area (Å²) in [5, 5.41) is 4.99. The molecule has 0 aliphatic rings. The molecular weight excluding hydrogens is 348 g/mol. The molecule has 6 nitrogen and oxygen atoms in total. The van der Waals surface area contributed by atoms with E-state index in [1.807, 2.05) is 30.5 Å². The maximum atomic E-state index is 12.5. The Kier molecular flexibility index (Phi) is 5.58. The lowest BCUT2D eigenvalue weighted by molar-refractivity contribution is -0.121. The molecule has 0 aromatic carbocycles. The molecule has 0 aliphatic heterocycles. The molecule has 0 spiro atoms. The number of carbonyl (C=O) groups excluding carboxylic acids is 1. The molecule has 7 heteroatoms. The average molecular weight is 368 g/mol. The zero-order valence-electron chi connectivity index (χ0n) is 14.7. The quantitative estimate of drug-likeness (QED) is 0.700. The maximum Gasteiger partial charge on any atom is 0.255 e. The summed E-state index contributed by atoms with van der Waals surface area (Å²) >= 11 is 1.61. The van der Waals surface area contributed by atoms with E-state index in [-0.39, 0.29) is 23.9 Å².